The predicted molar refractivity (Wildman–Crippen MR) is 69.3 cm³/mol. The van der Waals surface area contributed by atoms with Crippen molar-refractivity contribution in [1.29, 1.82) is 0 Å². The fourth-order valence-electron chi connectivity index (χ4n) is 1.53. The number of hydrogen-bond donors (Lipinski definition) is 0. The second-order valence-electron chi connectivity index (χ2n) is 3.75. The molecule has 0 aliphatic rings. The van der Waals surface area contributed by atoms with E-state index in [0.29, 0.717) is 12.4 Å². The molecule has 0 amide bonds. The van der Waals surface area contributed by atoms with Crippen molar-refractivity contribution >= 4 is 28.1 Å². The lowest BCUT2D eigenvalue weighted by Crippen LogP contribution is -2.03. The molecule has 5 nitrogen and oxygen atoms in total. The minimum Gasteiger partial charge on any atom is -0.258 e. The molecule has 0 radical (unpaired) electrons. The Hall–Kier alpha value is -2.48. The lowest BCUT2D eigenvalue weighted by molar-refractivity contribution is -0.385. The molecule has 0 atom stereocenters. The van der Waals surface area contributed by atoms with Gasteiger partial charge in [-0.1, -0.05) is 17.7 Å². The van der Waals surface area contributed by atoms with Gasteiger partial charge in [0.15, 0.2) is 11.6 Å². The molecule has 0 saturated heterocycles. The second kappa shape index (κ2) is 5.88. The molecule has 0 aliphatic heterocycles. The van der Waals surface area contributed by atoms with Gasteiger partial charge in [-0.05, 0) is 6.07 Å². The smallest absolute Gasteiger partial charge is 0.258 e. The summed E-state index contributed by atoms with van der Waals surface area (Å²) in [5, 5.41) is 10.1. The summed E-state index contributed by atoms with van der Waals surface area (Å²) < 4.78 is 40.5. The van der Waals surface area contributed by atoms with Gasteiger partial charge in [0.25, 0.3) is 5.69 Å². The summed E-state index contributed by atoms with van der Waals surface area (Å²) in [5.74, 6) is -3.30. The Morgan fingerprint density at radius 3 is 2.38 bits per heavy atom. The van der Waals surface area contributed by atoms with Gasteiger partial charge in [0, 0.05) is 6.07 Å². The first kappa shape index (κ1) is 14.9. The second-order valence-corrected chi connectivity index (χ2v) is 4.10. The van der Waals surface area contributed by atoms with Crippen LogP contribution in [-0.4, -0.2) is 15.1 Å². The molecule has 1 heterocycles. The summed E-state index contributed by atoms with van der Waals surface area (Å²) in [6, 6.07) is 3.02. The Labute approximate surface area is 120 Å². The van der Waals surface area contributed by atoms with Crippen molar-refractivity contribution in [2.24, 2.45) is 4.99 Å². The van der Waals surface area contributed by atoms with Gasteiger partial charge in [0.05, 0.1) is 17.3 Å². The number of benzene rings is 1. The molecular weight excluding hydrogens is 311 g/mol. The zero-order chi connectivity index (χ0) is 15.6. The molecule has 0 unspecified atom stereocenters. The quantitative estimate of drug-likeness (QED) is 0.492. The van der Waals surface area contributed by atoms with Gasteiger partial charge in [0.1, 0.15) is 22.2 Å². The third kappa shape index (κ3) is 3.00. The van der Waals surface area contributed by atoms with Crippen LogP contribution in [0.1, 0.15) is 5.56 Å². The summed E-state index contributed by atoms with van der Waals surface area (Å²) >= 11 is 5.69. The molecule has 2 aromatic rings. The topological polar surface area (TPSA) is 68.4 Å². The van der Waals surface area contributed by atoms with E-state index in [9.17, 15) is 23.3 Å². The first-order valence-corrected chi connectivity index (χ1v) is 5.76. The first-order valence-electron chi connectivity index (χ1n) is 5.38. The van der Waals surface area contributed by atoms with Crippen molar-refractivity contribution in [3.8, 4) is 0 Å². The predicted octanol–water partition coefficient (Wildman–Crippen LogP) is 3.72. The van der Waals surface area contributed by atoms with Crippen molar-refractivity contribution in [3.05, 3.63) is 63.7 Å². The van der Waals surface area contributed by atoms with Crippen LogP contribution >= 0.6 is 11.6 Å². The minimum absolute atomic E-state index is 0.653. The maximum Gasteiger partial charge on any atom is 0.282 e. The number of nitrogens with zero attached hydrogens (tertiary/aromatic N) is 3. The fraction of sp³-hybridized carbons (Fsp3) is 0. The Morgan fingerprint density at radius 1 is 1.19 bits per heavy atom. The van der Waals surface area contributed by atoms with Crippen LogP contribution in [-0.2, 0) is 0 Å². The molecular formula is C12H5ClF3N3O2. The average molecular weight is 316 g/mol. The van der Waals surface area contributed by atoms with Crippen LogP contribution in [0.15, 0.2) is 35.6 Å². The minimum atomic E-state index is -1.13. The number of aliphatic imine (C=N–C) groups is 1. The highest BCUT2D eigenvalue weighted by Crippen LogP contribution is 2.27. The van der Waals surface area contributed by atoms with Crippen molar-refractivity contribution < 1.29 is 18.1 Å². The van der Waals surface area contributed by atoms with Gasteiger partial charge in [0.2, 0.25) is 0 Å². The van der Waals surface area contributed by atoms with Crippen molar-refractivity contribution in [2.45, 2.75) is 0 Å². The highest BCUT2D eigenvalue weighted by molar-refractivity contribution is 6.70. The summed E-state index contributed by atoms with van der Waals surface area (Å²) in [6.07, 6.45) is 1.36. The fourth-order valence-corrected chi connectivity index (χ4v) is 1.81. The van der Waals surface area contributed by atoms with E-state index in [0.717, 1.165) is 18.2 Å². The van der Waals surface area contributed by atoms with E-state index < -0.39 is 44.5 Å². The lowest BCUT2D eigenvalue weighted by atomic mass is 10.2. The van der Waals surface area contributed by atoms with E-state index in [1.165, 1.54) is 0 Å². The molecule has 9 heteroatoms. The maximum atomic E-state index is 13.7. The SMILES string of the molecule is O=[N+]([O-])c1cccc(F)c1/C(Cl)=N/c1c(F)cncc1F. The van der Waals surface area contributed by atoms with Crippen LogP contribution in [0.5, 0.6) is 0 Å². The van der Waals surface area contributed by atoms with Crippen LogP contribution in [0.4, 0.5) is 24.5 Å². The Morgan fingerprint density at radius 2 is 1.81 bits per heavy atom. The van der Waals surface area contributed by atoms with Gasteiger partial charge in [-0.2, -0.15) is 0 Å². The van der Waals surface area contributed by atoms with Gasteiger partial charge in [-0.15, -0.1) is 0 Å². The van der Waals surface area contributed by atoms with Crippen LogP contribution in [0, 0.1) is 27.6 Å². The Kier molecular flexibility index (Phi) is 4.18. The van der Waals surface area contributed by atoms with Crippen LogP contribution in [0.2, 0.25) is 0 Å². The molecule has 0 N–H and O–H groups in total. The largest absolute Gasteiger partial charge is 0.282 e. The zero-order valence-electron chi connectivity index (χ0n) is 10.1. The number of hydrogen-bond acceptors (Lipinski definition) is 4. The molecule has 0 aliphatic carbocycles. The van der Waals surface area contributed by atoms with E-state index in [2.05, 4.69) is 9.98 Å². The third-order valence-corrected chi connectivity index (χ3v) is 2.71. The standard InChI is InChI=1S/C12H5ClF3N3O2/c13-12(18-11-7(15)4-17-5-8(11)16)10-6(14)2-1-3-9(10)19(20)21/h1-5H/b18-12-. The summed E-state index contributed by atoms with van der Waals surface area (Å²) in [4.78, 5) is 16.6. The molecule has 0 fully saturated rings. The normalized spacial score (nSPS) is 11.5. The number of nitro groups is 1. The number of halogens is 4. The Bertz CT molecular complexity index is 732. The monoisotopic (exact) mass is 315 g/mol. The van der Waals surface area contributed by atoms with Gasteiger partial charge < -0.3 is 0 Å². The van der Waals surface area contributed by atoms with Crippen LogP contribution < -0.4 is 0 Å². The van der Waals surface area contributed by atoms with Crippen LogP contribution in [0.25, 0.3) is 0 Å². The molecule has 2 rings (SSSR count). The lowest BCUT2D eigenvalue weighted by Gasteiger charge is -2.03. The molecule has 0 bridgehead atoms. The van der Waals surface area contributed by atoms with Gasteiger partial charge >= 0.3 is 0 Å². The summed E-state index contributed by atoms with van der Waals surface area (Å²) in [7, 11) is 0. The number of pyridine rings is 1. The third-order valence-electron chi connectivity index (χ3n) is 2.43. The van der Waals surface area contributed by atoms with Gasteiger partial charge in [-0.3, -0.25) is 15.1 Å². The van der Waals surface area contributed by atoms with E-state index >= 15 is 0 Å². The van der Waals surface area contributed by atoms with Crippen LogP contribution in [0.3, 0.4) is 0 Å². The van der Waals surface area contributed by atoms with E-state index in [-0.39, 0.29) is 0 Å². The summed E-state index contributed by atoms with van der Waals surface area (Å²) in [6.45, 7) is 0. The summed E-state index contributed by atoms with van der Waals surface area (Å²) in [5.41, 5.74) is -2.13. The molecule has 0 spiro atoms. The van der Waals surface area contributed by atoms with E-state index in [1.54, 1.807) is 0 Å². The molecule has 108 valence electrons. The van der Waals surface area contributed by atoms with Gasteiger partial charge in [-0.25, -0.2) is 18.2 Å². The highest BCUT2D eigenvalue weighted by atomic mass is 35.5. The number of nitro benzene ring substituents is 1. The van der Waals surface area contributed by atoms with E-state index in [1.807, 2.05) is 0 Å². The van der Waals surface area contributed by atoms with Crippen molar-refractivity contribution in [3.63, 3.8) is 0 Å². The zero-order valence-corrected chi connectivity index (χ0v) is 10.8. The first-order chi connectivity index (χ1) is 9.91. The molecule has 1 aromatic heterocycles. The van der Waals surface area contributed by atoms with E-state index in [4.69, 9.17) is 11.6 Å². The maximum absolute atomic E-state index is 13.7. The molecule has 1 aromatic carbocycles. The van der Waals surface area contributed by atoms with Crippen molar-refractivity contribution in [1.82, 2.24) is 4.98 Å². The molecule has 0 saturated carbocycles. The molecule has 21 heavy (non-hydrogen) atoms. The highest BCUT2D eigenvalue weighted by Gasteiger charge is 2.22. The number of aromatic nitrogens is 1. The van der Waals surface area contributed by atoms with Crippen molar-refractivity contribution in [2.75, 3.05) is 0 Å². The average Bonchev–Trinajstić information content (AvgIpc) is 2.42. The number of rotatable bonds is 3. The Balaban J connectivity index is 2.62.